The predicted octanol–water partition coefficient (Wildman–Crippen LogP) is 5.12. The first-order chi connectivity index (χ1) is 15.7. The van der Waals surface area contributed by atoms with Crippen molar-refractivity contribution in [2.24, 2.45) is 0 Å². The molecule has 0 spiro atoms. The smallest absolute Gasteiger partial charge is 0.251 e. The molecule has 1 N–H and O–H groups in total. The molecule has 4 aromatic carbocycles. The summed E-state index contributed by atoms with van der Waals surface area (Å²) in [6.07, 6.45) is 0. The van der Waals surface area contributed by atoms with Gasteiger partial charge in [0.25, 0.3) is 5.91 Å². The molecule has 1 amide bonds. The van der Waals surface area contributed by atoms with Gasteiger partial charge in [-0.05, 0) is 63.4 Å². The van der Waals surface area contributed by atoms with Crippen molar-refractivity contribution in [1.82, 2.24) is 10.2 Å². The van der Waals surface area contributed by atoms with E-state index in [1.54, 1.807) is 12.1 Å². The summed E-state index contributed by atoms with van der Waals surface area (Å²) in [5, 5.41) is 14.4. The zero-order valence-electron chi connectivity index (χ0n) is 17.7. The standard InChI is InChI=1S/C28H23N3O/c29-17-20-4-7-22(8-5-20)23-9-11-24(12-10-23)28(32)30-18-26-3-1-2-25-16-21(6-13-27(25)26)19-31-14-15-31/h1-13,16H,14-15,18-19H2,(H,30,32). The van der Waals surface area contributed by atoms with Crippen LogP contribution in [0.4, 0.5) is 0 Å². The van der Waals surface area contributed by atoms with Crippen LogP contribution in [-0.4, -0.2) is 23.9 Å². The van der Waals surface area contributed by atoms with E-state index in [0.717, 1.165) is 23.2 Å². The second-order valence-electron chi connectivity index (χ2n) is 8.20. The van der Waals surface area contributed by atoms with E-state index in [-0.39, 0.29) is 5.91 Å². The van der Waals surface area contributed by atoms with Crippen LogP contribution in [0.15, 0.2) is 84.9 Å². The number of fused-ring (bicyclic) bond motifs is 1. The van der Waals surface area contributed by atoms with Crippen LogP contribution in [0.2, 0.25) is 0 Å². The Labute approximate surface area is 187 Å². The number of benzene rings is 4. The molecule has 32 heavy (non-hydrogen) atoms. The number of carbonyl (C=O) groups excluding carboxylic acids is 1. The van der Waals surface area contributed by atoms with Gasteiger partial charge in [-0.15, -0.1) is 0 Å². The molecule has 0 aromatic heterocycles. The quantitative estimate of drug-likeness (QED) is 0.443. The maximum Gasteiger partial charge on any atom is 0.251 e. The fraction of sp³-hybridized carbons (Fsp3) is 0.143. The molecule has 156 valence electrons. The summed E-state index contributed by atoms with van der Waals surface area (Å²) in [7, 11) is 0. The van der Waals surface area contributed by atoms with Crippen LogP contribution >= 0.6 is 0 Å². The molecule has 4 nitrogen and oxygen atoms in total. The summed E-state index contributed by atoms with van der Waals surface area (Å²) in [5.74, 6) is -0.0912. The molecule has 0 saturated carbocycles. The van der Waals surface area contributed by atoms with E-state index in [2.05, 4.69) is 52.7 Å². The van der Waals surface area contributed by atoms with Gasteiger partial charge in [-0.3, -0.25) is 9.69 Å². The maximum absolute atomic E-state index is 12.7. The summed E-state index contributed by atoms with van der Waals surface area (Å²) in [4.78, 5) is 15.1. The predicted molar refractivity (Wildman–Crippen MR) is 127 cm³/mol. The second kappa shape index (κ2) is 8.66. The Hall–Kier alpha value is -3.94. The van der Waals surface area contributed by atoms with E-state index < -0.39 is 0 Å². The second-order valence-corrected chi connectivity index (χ2v) is 8.20. The van der Waals surface area contributed by atoms with E-state index in [0.29, 0.717) is 17.7 Å². The van der Waals surface area contributed by atoms with Gasteiger partial charge in [0, 0.05) is 31.7 Å². The fourth-order valence-electron chi connectivity index (χ4n) is 3.97. The van der Waals surface area contributed by atoms with Gasteiger partial charge >= 0.3 is 0 Å². The first-order valence-electron chi connectivity index (χ1n) is 10.8. The van der Waals surface area contributed by atoms with Gasteiger partial charge < -0.3 is 5.32 Å². The molecule has 0 radical (unpaired) electrons. The van der Waals surface area contributed by atoms with Gasteiger partial charge in [0.15, 0.2) is 0 Å². The number of nitrogens with zero attached hydrogens (tertiary/aromatic N) is 2. The molecule has 4 heteroatoms. The van der Waals surface area contributed by atoms with Crippen LogP contribution < -0.4 is 5.32 Å². The summed E-state index contributed by atoms with van der Waals surface area (Å²) >= 11 is 0. The first kappa shape index (κ1) is 20.0. The van der Waals surface area contributed by atoms with E-state index in [1.165, 1.54) is 29.4 Å². The van der Waals surface area contributed by atoms with Gasteiger partial charge in [-0.1, -0.05) is 54.6 Å². The SMILES string of the molecule is N#Cc1ccc(-c2ccc(C(=O)NCc3cccc4cc(CN5CC5)ccc34)cc2)cc1. The Balaban J connectivity index is 1.27. The lowest BCUT2D eigenvalue weighted by atomic mass is 10.0. The summed E-state index contributed by atoms with van der Waals surface area (Å²) in [6, 6.07) is 30.0. The van der Waals surface area contributed by atoms with Crippen molar-refractivity contribution in [3.63, 3.8) is 0 Å². The number of hydrogen-bond acceptors (Lipinski definition) is 3. The van der Waals surface area contributed by atoms with Gasteiger partial charge in [-0.25, -0.2) is 0 Å². The number of hydrogen-bond donors (Lipinski definition) is 1. The monoisotopic (exact) mass is 417 g/mol. The minimum Gasteiger partial charge on any atom is -0.348 e. The Bertz CT molecular complexity index is 1310. The lowest BCUT2D eigenvalue weighted by Crippen LogP contribution is -2.22. The molecule has 1 heterocycles. The molecule has 1 aliphatic rings. The largest absolute Gasteiger partial charge is 0.348 e. The van der Waals surface area contributed by atoms with E-state index in [4.69, 9.17) is 5.26 Å². The Morgan fingerprint density at radius 3 is 2.31 bits per heavy atom. The number of rotatable bonds is 6. The molecule has 4 aromatic rings. The molecular formula is C28H23N3O. The van der Waals surface area contributed by atoms with Crippen LogP contribution in [0, 0.1) is 11.3 Å². The average molecular weight is 418 g/mol. The third-order valence-electron chi connectivity index (χ3n) is 5.91. The Morgan fingerprint density at radius 2 is 1.62 bits per heavy atom. The van der Waals surface area contributed by atoms with Gasteiger partial charge in [-0.2, -0.15) is 5.26 Å². The summed E-state index contributed by atoms with van der Waals surface area (Å²) in [5.41, 5.74) is 5.74. The topological polar surface area (TPSA) is 55.9 Å². The van der Waals surface area contributed by atoms with Crippen molar-refractivity contribution in [2.45, 2.75) is 13.1 Å². The third kappa shape index (κ3) is 4.39. The van der Waals surface area contributed by atoms with E-state index in [9.17, 15) is 4.79 Å². The number of amides is 1. The van der Waals surface area contributed by atoms with E-state index >= 15 is 0 Å². The number of nitrogens with one attached hydrogen (secondary N) is 1. The Kier molecular flexibility index (Phi) is 5.41. The van der Waals surface area contributed by atoms with Crippen LogP contribution in [0.1, 0.15) is 27.0 Å². The minimum absolute atomic E-state index is 0.0912. The maximum atomic E-state index is 12.7. The van der Waals surface area contributed by atoms with Crippen molar-refractivity contribution in [1.29, 1.82) is 5.26 Å². The minimum atomic E-state index is -0.0912. The van der Waals surface area contributed by atoms with E-state index in [1.807, 2.05) is 36.4 Å². The molecule has 0 aliphatic carbocycles. The van der Waals surface area contributed by atoms with Crippen LogP contribution in [0.25, 0.3) is 21.9 Å². The summed E-state index contributed by atoms with van der Waals surface area (Å²) in [6.45, 7) is 3.88. The molecule has 0 bridgehead atoms. The third-order valence-corrected chi connectivity index (χ3v) is 5.91. The zero-order valence-corrected chi connectivity index (χ0v) is 17.7. The highest BCUT2D eigenvalue weighted by molar-refractivity contribution is 5.95. The lowest BCUT2D eigenvalue weighted by molar-refractivity contribution is 0.0951. The molecule has 1 saturated heterocycles. The first-order valence-corrected chi connectivity index (χ1v) is 10.8. The molecular weight excluding hydrogens is 394 g/mol. The average Bonchev–Trinajstić information content (AvgIpc) is 3.66. The Morgan fingerprint density at radius 1 is 0.906 bits per heavy atom. The highest BCUT2D eigenvalue weighted by atomic mass is 16.1. The lowest BCUT2D eigenvalue weighted by Gasteiger charge is -2.11. The highest BCUT2D eigenvalue weighted by Gasteiger charge is 2.17. The van der Waals surface area contributed by atoms with Crippen molar-refractivity contribution in [3.05, 3.63) is 107 Å². The zero-order chi connectivity index (χ0) is 21.9. The van der Waals surface area contributed by atoms with Crippen LogP contribution in [0.5, 0.6) is 0 Å². The van der Waals surface area contributed by atoms with Crippen molar-refractivity contribution in [2.75, 3.05) is 13.1 Å². The van der Waals surface area contributed by atoms with Gasteiger partial charge in [0.05, 0.1) is 11.6 Å². The molecule has 0 atom stereocenters. The van der Waals surface area contributed by atoms with Crippen molar-refractivity contribution >= 4 is 16.7 Å². The normalized spacial score (nSPS) is 13.0. The highest BCUT2D eigenvalue weighted by Crippen LogP contribution is 2.23. The van der Waals surface area contributed by atoms with Crippen molar-refractivity contribution in [3.8, 4) is 17.2 Å². The summed E-state index contributed by atoms with van der Waals surface area (Å²) < 4.78 is 0. The number of nitriles is 1. The van der Waals surface area contributed by atoms with Crippen LogP contribution in [0.3, 0.4) is 0 Å². The molecule has 0 unspecified atom stereocenters. The molecule has 1 aliphatic heterocycles. The van der Waals surface area contributed by atoms with Gasteiger partial charge in [0.1, 0.15) is 0 Å². The number of carbonyl (C=O) groups is 1. The fourth-order valence-corrected chi connectivity index (χ4v) is 3.97. The molecule has 5 rings (SSSR count). The van der Waals surface area contributed by atoms with Crippen LogP contribution in [-0.2, 0) is 13.1 Å². The molecule has 1 fully saturated rings. The van der Waals surface area contributed by atoms with Crippen molar-refractivity contribution < 1.29 is 4.79 Å². The van der Waals surface area contributed by atoms with Gasteiger partial charge in [0.2, 0.25) is 0 Å².